The molecular weight excluding hydrogens is 523 g/mol. The van der Waals surface area contributed by atoms with E-state index in [9.17, 15) is 9.59 Å². The summed E-state index contributed by atoms with van der Waals surface area (Å²) >= 11 is 12.1. The van der Waals surface area contributed by atoms with Crippen LogP contribution in [-0.4, -0.2) is 5.97 Å². The molecule has 0 fully saturated rings. The van der Waals surface area contributed by atoms with Crippen LogP contribution in [0.3, 0.4) is 0 Å². The Kier molecular flexibility index (Phi) is 7.59. The number of halogens is 2. The first-order chi connectivity index (χ1) is 18.5. The molecule has 1 aromatic heterocycles. The van der Waals surface area contributed by atoms with Crippen molar-refractivity contribution in [2.24, 2.45) is 0 Å². The Morgan fingerprint density at radius 1 is 0.868 bits per heavy atom. The lowest BCUT2D eigenvalue weighted by atomic mass is 10.1. The topological polar surface area (TPSA) is 65.7 Å². The third kappa shape index (κ3) is 5.97. The van der Waals surface area contributed by atoms with E-state index in [4.69, 9.17) is 37.1 Å². The minimum atomic E-state index is -0.566. The molecule has 0 bridgehead atoms. The first-order valence-electron chi connectivity index (χ1n) is 11.6. The Balaban J connectivity index is 1.22. The third-order valence-corrected chi connectivity index (χ3v) is 6.38. The van der Waals surface area contributed by atoms with E-state index in [0.29, 0.717) is 44.5 Å². The number of ether oxygens (including phenoxy) is 2. The predicted molar refractivity (Wildman–Crippen MR) is 150 cm³/mol. The van der Waals surface area contributed by atoms with Crippen molar-refractivity contribution in [2.75, 3.05) is 0 Å². The summed E-state index contributed by atoms with van der Waals surface area (Å²) in [4.78, 5) is 25.3. The zero-order chi connectivity index (χ0) is 26.5. The SMILES string of the molecule is O=C(/C=C/c1ccc(OCc2ccccc2Cl)cc1)Oc1ccc2c(=O)c(-c3ccc(Cl)cc3)coc2c1. The Hall–Kier alpha value is -4.32. The Morgan fingerprint density at radius 3 is 2.37 bits per heavy atom. The lowest BCUT2D eigenvalue weighted by molar-refractivity contribution is -0.128. The lowest BCUT2D eigenvalue weighted by Crippen LogP contribution is -2.06. The molecule has 7 heteroatoms. The highest BCUT2D eigenvalue weighted by Crippen LogP contribution is 2.25. The number of rotatable bonds is 7. The van der Waals surface area contributed by atoms with Crippen LogP contribution in [0.4, 0.5) is 0 Å². The standard InChI is InChI=1S/C31H20Cl2O5/c32-23-10-8-21(9-11-23)27-19-37-29-17-25(14-15-26(29)31(27)35)38-30(34)16-7-20-5-12-24(13-6-20)36-18-22-3-1-2-4-28(22)33/h1-17,19H,18H2/b16-7+. The van der Waals surface area contributed by atoms with Crippen LogP contribution in [0.1, 0.15) is 11.1 Å². The van der Waals surface area contributed by atoms with Gasteiger partial charge < -0.3 is 13.9 Å². The Bertz CT molecular complexity index is 1690. The molecule has 38 heavy (non-hydrogen) atoms. The molecule has 0 N–H and O–H groups in total. The van der Waals surface area contributed by atoms with Crippen LogP contribution in [0.15, 0.2) is 113 Å². The van der Waals surface area contributed by atoms with Gasteiger partial charge in [-0.25, -0.2) is 4.79 Å². The van der Waals surface area contributed by atoms with Crippen LogP contribution < -0.4 is 14.9 Å². The second-order valence-corrected chi connectivity index (χ2v) is 9.19. The number of fused-ring (bicyclic) bond motifs is 1. The molecule has 1 heterocycles. The van der Waals surface area contributed by atoms with Crippen LogP contribution in [0.25, 0.3) is 28.2 Å². The first-order valence-corrected chi connectivity index (χ1v) is 12.4. The van der Waals surface area contributed by atoms with Gasteiger partial charge in [-0.15, -0.1) is 0 Å². The second kappa shape index (κ2) is 11.4. The van der Waals surface area contributed by atoms with Crippen LogP contribution >= 0.6 is 23.2 Å². The molecule has 0 aliphatic rings. The van der Waals surface area contributed by atoms with Gasteiger partial charge in [-0.3, -0.25) is 4.79 Å². The number of carbonyl (C=O) groups excluding carboxylic acids is 1. The summed E-state index contributed by atoms with van der Waals surface area (Å²) in [6, 6.07) is 26.4. The van der Waals surface area contributed by atoms with E-state index in [0.717, 1.165) is 11.1 Å². The van der Waals surface area contributed by atoms with Gasteiger partial charge in [0, 0.05) is 27.8 Å². The molecule has 0 atom stereocenters. The molecule has 5 nitrogen and oxygen atoms in total. The maximum absolute atomic E-state index is 12.9. The fourth-order valence-corrected chi connectivity index (χ4v) is 4.08. The average Bonchev–Trinajstić information content (AvgIpc) is 2.93. The van der Waals surface area contributed by atoms with Gasteiger partial charge in [0.1, 0.15) is 30.0 Å². The maximum atomic E-state index is 12.9. The molecule has 5 aromatic rings. The summed E-state index contributed by atoms with van der Waals surface area (Å²) in [5, 5.41) is 1.61. The van der Waals surface area contributed by atoms with E-state index in [1.807, 2.05) is 48.5 Å². The zero-order valence-corrected chi connectivity index (χ0v) is 21.4. The van der Waals surface area contributed by atoms with Gasteiger partial charge in [-0.2, -0.15) is 0 Å². The molecule has 0 amide bonds. The Labute approximate surface area is 228 Å². The van der Waals surface area contributed by atoms with Crippen molar-refractivity contribution in [1.82, 2.24) is 0 Å². The lowest BCUT2D eigenvalue weighted by Gasteiger charge is -2.08. The molecule has 188 valence electrons. The summed E-state index contributed by atoms with van der Waals surface area (Å²) in [7, 11) is 0. The highest BCUT2D eigenvalue weighted by Gasteiger charge is 2.11. The molecule has 0 radical (unpaired) electrons. The van der Waals surface area contributed by atoms with Gasteiger partial charge in [0.15, 0.2) is 5.43 Å². The monoisotopic (exact) mass is 542 g/mol. The quantitative estimate of drug-likeness (QED) is 0.118. The molecule has 0 saturated carbocycles. The van der Waals surface area contributed by atoms with E-state index >= 15 is 0 Å². The zero-order valence-electron chi connectivity index (χ0n) is 19.9. The molecule has 0 saturated heterocycles. The van der Waals surface area contributed by atoms with Crippen LogP contribution in [0.2, 0.25) is 10.0 Å². The van der Waals surface area contributed by atoms with E-state index < -0.39 is 5.97 Å². The van der Waals surface area contributed by atoms with Crippen molar-refractivity contribution in [3.63, 3.8) is 0 Å². The second-order valence-electron chi connectivity index (χ2n) is 8.35. The molecule has 0 unspecified atom stereocenters. The van der Waals surface area contributed by atoms with Gasteiger partial charge in [-0.1, -0.05) is 65.7 Å². The van der Waals surface area contributed by atoms with Crippen LogP contribution in [0, 0.1) is 0 Å². The van der Waals surface area contributed by atoms with Gasteiger partial charge in [0.05, 0.1) is 10.9 Å². The molecule has 5 rings (SSSR count). The largest absolute Gasteiger partial charge is 0.489 e. The molecule has 0 aliphatic heterocycles. The summed E-state index contributed by atoms with van der Waals surface area (Å²) in [5.41, 5.74) is 2.94. The summed E-state index contributed by atoms with van der Waals surface area (Å²) in [5.74, 6) is 0.378. The fourth-order valence-electron chi connectivity index (χ4n) is 3.77. The fraction of sp³-hybridized carbons (Fsp3) is 0.0323. The molecular formula is C31H20Cl2O5. The van der Waals surface area contributed by atoms with Crippen LogP contribution in [-0.2, 0) is 11.4 Å². The third-order valence-electron chi connectivity index (χ3n) is 5.76. The van der Waals surface area contributed by atoms with E-state index in [1.165, 1.54) is 18.4 Å². The summed E-state index contributed by atoms with van der Waals surface area (Å²) in [6.45, 7) is 0.357. The number of hydrogen-bond donors (Lipinski definition) is 0. The van der Waals surface area contributed by atoms with Gasteiger partial charge in [0.25, 0.3) is 0 Å². The normalized spacial score (nSPS) is 11.1. The van der Waals surface area contributed by atoms with Crippen molar-refractivity contribution >= 4 is 46.2 Å². The van der Waals surface area contributed by atoms with Crippen molar-refractivity contribution in [3.8, 4) is 22.6 Å². The minimum Gasteiger partial charge on any atom is -0.489 e. The summed E-state index contributed by atoms with van der Waals surface area (Å²) in [6.07, 6.45) is 4.35. The smallest absolute Gasteiger partial charge is 0.336 e. The van der Waals surface area contributed by atoms with Crippen LogP contribution in [0.5, 0.6) is 11.5 Å². The number of carbonyl (C=O) groups is 1. The molecule has 0 aliphatic carbocycles. The minimum absolute atomic E-state index is 0.189. The molecule has 0 spiro atoms. The molecule has 4 aromatic carbocycles. The first kappa shape index (κ1) is 25.3. The van der Waals surface area contributed by atoms with Gasteiger partial charge in [-0.05, 0) is 59.7 Å². The number of esters is 1. The van der Waals surface area contributed by atoms with Crippen molar-refractivity contribution in [2.45, 2.75) is 6.61 Å². The Morgan fingerprint density at radius 2 is 1.61 bits per heavy atom. The van der Waals surface area contributed by atoms with E-state index in [1.54, 1.807) is 42.5 Å². The highest BCUT2D eigenvalue weighted by molar-refractivity contribution is 6.31. The van der Waals surface area contributed by atoms with Gasteiger partial charge >= 0.3 is 5.97 Å². The van der Waals surface area contributed by atoms with Gasteiger partial charge in [0.2, 0.25) is 0 Å². The van der Waals surface area contributed by atoms with E-state index in [-0.39, 0.29) is 11.2 Å². The average molecular weight is 543 g/mol. The van der Waals surface area contributed by atoms with Crippen molar-refractivity contribution in [3.05, 3.63) is 135 Å². The number of hydrogen-bond acceptors (Lipinski definition) is 5. The summed E-state index contributed by atoms with van der Waals surface area (Å²) < 4.78 is 16.8. The maximum Gasteiger partial charge on any atom is 0.336 e. The highest BCUT2D eigenvalue weighted by atomic mass is 35.5. The van der Waals surface area contributed by atoms with Crippen molar-refractivity contribution in [1.29, 1.82) is 0 Å². The number of benzene rings is 4. The predicted octanol–water partition coefficient (Wildman–Crippen LogP) is 7.96. The van der Waals surface area contributed by atoms with E-state index in [2.05, 4.69) is 0 Å². The van der Waals surface area contributed by atoms with Crippen molar-refractivity contribution < 1.29 is 18.7 Å².